The van der Waals surface area contributed by atoms with Gasteiger partial charge in [0.05, 0.1) is 0 Å². The smallest absolute Gasteiger partial charge is 0.0383 e. The molecule has 1 aromatic heterocycles. The molecule has 0 amide bonds. The van der Waals surface area contributed by atoms with Crippen molar-refractivity contribution < 1.29 is 0 Å². The average Bonchev–Trinajstić information content (AvgIpc) is 2.47. The van der Waals surface area contributed by atoms with E-state index in [1.54, 1.807) is 0 Å². The van der Waals surface area contributed by atoms with E-state index in [2.05, 4.69) is 31.1 Å². The summed E-state index contributed by atoms with van der Waals surface area (Å²) >= 11 is 0. The van der Waals surface area contributed by atoms with Gasteiger partial charge in [0.25, 0.3) is 0 Å². The monoisotopic (exact) mass is 161 g/mol. The van der Waals surface area contributed by atoms with Crippen LogP contribution in [0.2, 0.25) is 0 Å². The summed E-state index contributed by atoms with van der Waals surface area (Å²) in [7, 11) is 0. The van der Waals surface area contributed by atoms with Gasteiger partial charge in [-0.15, -0.1) is 0 Å². The van der Waals surface area contributed by atoms with Crippen molar-refractivity contribution in [3.63, 3.8) is 0 Å². The molecule has 1 N–H and O–H groups in total. The second-order valence-electron chi connectivity index (χ2n) is 2.85. The van der Waals surface area contributed by atoms with Crippen molar-refractivity contribution in [1.29, 1.82) is 0 Å². The molecule has 0 atom stereocenters. The van der Waals surface area contributed by atoms with Crippen LogP contribution in [0, 0.1) is 0 Å². The molecule has 64 valence electrons. The van der Waals surface area contributed by atoms with Crippen LogP contribution in [-0.2, 0) is 0 Å². The molecule has 0 aliphatic heterocycles. The Labute approximate surface area is 73.1 Å². The van der Waals surface area contributed by atoms with Crippen molar-refractivity contribution in [2.75, 3.05) is 0 Å². The fourth-order valence-corrected chi connectivity index (χ4v) is 1.32. The highest BCUT2D eigenvalue weighted by molar-refractivity contribution is 5.55. The maximum atomic E-state index is 3.91. The van der Waals surface area contributed by atoms with E-state index in [0.717, 1.165) is 18.2 Å². The second kappa shape index (κ2) is 3.96. The second-order valence-corrected chi connectivity index (χ2v) is 2.85. The van der Waals surface area contributed by atoms with Gasteiger partial charge < -0.3 is 4.98 Å². The van der Waals surface area contributed by atoms with Gasteiger partial charge in [0.2, 0.25) is 0 Å². The average molecular weight is 161 g/mol. The molecule has 1 rings (SSSR count). The zero-order chi connectivity index (χ0) is 8.97. The number of nitrogens with one attached hydrogen (secondary N) is 1. The van der Waals surface area contributed by atoms with Crippen LogP contribution in [0.3, 0.4) is 0 Å². The van der Waals surface area contributed by atoms with E-state index < -0.39 is 0 Å². The summed E-state index contributed by atoms with van der Waals surface area (Å²) in [6.45, 7) is 9.87. The molecule has 1 nitrogen and oxygen atoms in total. The molecule has 0 aliphatic carbocycles. The van der Waals surface area contributed by atoms with Crippen LogP contribution < -0.4 is 10.6 Å². The molecule has 0 saturated carbocycles. The lowest BCUT2D eigenvalue weighted by Crippen LogP contribution is -2.22. The lowest BCUT2D eigenvalue weighted by molar-refractivity contribution is 0.973. The first-order chi connectivity index (χ1) is 5.79. The predicted molar refractivity (Wildman–Crippen MR) is 54.1 cm³/mol. The van der Waals surface area contributed by atoms with E-state index in [-0.39, 0.29) is 0 Å². The largest absolute Gasteiger partial charge is 0.362 e. The van der Waals surface area contributed by atoms with Gasteiger partial charge in [-0.25, -0.2) is 0 Å². The molecule has 0 radical (unpaired) electrons. The van der Waals surface area contributed by atoms with Crippen LogP contribution >= 0.6 is 0 Å². The minimum Gasteiger partial charge on any atom is -0.362 e. The summed E-state index contributed by atoms with van der Waals surface area (Å²) in [6, 6.07) is 2.05. The fourth-order valence-electron chi connectivity index (χ4n) is 1.32. The lowest BCUT2D eigenvalue weighted by atomic mass is 10.1. The summed E-state index contributed by atoms with van der Waals surface area (Å²) < 4.78 is 0. The Hall–Kier alpha value is -1.24. The molecule has 0 aliphatic rings. The van der Waals surface area contributed by atoms with Crippen LogP contribution in [-0.4, -0.2) is 4.98 Å². The zero-order valence-corrected chi connectivity index (χ0v) is 7.56. The highest BCUT2D eigenvalue weighted by atomic mass is 14.6. The van der Waals surface area contributed by atoms with Gasteiger partial charge in [-0.05, 0) is 18.1 Å². The van der Waals surface area contributed by atoms with Crippen LogP contribution in [0.4, 0.5) is 0 Å². The van der Waals surface area contributed by atoms with Gasteiger partial charge >= 0.3 is 0 Å². The summed E-state index contributed by atoms with van der Waals surface area (Å²) in [5, 5.41) is 2.19. The number of allylic oxidation sites excluding steroid dienone is 1. The topological polar surface area (TPSA) is 15.8 Å². The molecule has 1 heterocycles. The van der Waals surface area contributed by atoms with Gasteiger partial charge in [-0.3, -0.25) is 0 Å². The Morgan fingerprint density at radius 3 is 2.83 bits per heavy atom. The fraction of sp³-hybridized carbons (Fsp3) is 0.273. The van der Waals surface area contributed by atoms with E-state index in [1.165, 1.54) is 10.8 Å². The molecule has 0 aromatic carbocycles. The third kappa shape index (κ3) is 1.67. The minimum absolute atomic E-state index is 0.985. The summed E-state index contributed by atoms with van der Waals surface area (Å²) in [4.78, 5) is 3.06. The van der Waals surface area contributed by atoms with Gasteiger partial charge in [0.15, 0.2) is 0 Å². The van der Waals surface area contributed by atoms with Crippen LogP contribution in [0.25, 0.3) is 12.2 Å². The number of aromatic nitrogens is 1. The normalized spacial score (nSPS) is 12.8. The first-order valence-electron chi connectivity index (χ1n) is 4.27. The van der Waals surface area contributed by atoms with E-state index in [4.69, 9.17) is 0 Å². The van der Waals surface area contributed by atoms with Gasteiger partial charge in [0.1, 0.15) is 0 Å². The SMILES string of the molecule is C=C/C(CCC)=c1/cc[nH]c1=C. The first-order valence-corrected chi connectivity index (χ1v) is 4.27. The standard InChI is InChI=1S/C11H15N/c1-4-6-10(5-2)11-7-8-12-9(11)3/h5,7-8,12H,2-4,6H2,1H3/b11-10+. The van der Waals surface area contributed by atoms with Crippen molar-refractivity contribution in [2.45, 2.75) is 19.8 Å². The van der Waals surface area contributed by atoms with E-state index in [9.17, 15) is 0 Å². The Morgan fingerprint density at radius 2 is 2.42 bits per heavy atom. The Bertz CT molecular complexity index is 357. The molecule has 12 heavy (non-hydrogen) atoms. The molecular formula is C11H15N. The summed E-state index contributed by atoms with van der Waals surface area (Å²) in [5.74, 6) is 0. The Morgan fingerprint density at radius 1 is 1.67 bits per heavy atom. The number of aromatic amines is 1. The first kappa shape index (κ1) is 8.85. The Balaban J connectivity index is 3.27. The molecular weight excluding hydrogens is 146 g/mol. The third-order valence-corrected chi connectivity index (χ3v) is 1.94. The van der Waals surface area contributed by atoms with Crippen LogP contribution in [0.5, 0.6) is 0 Å². The van der Waals surface area contributed by atoms with E-state index in [1.807, 2.05) is 12.3 Å². The molecule has 0 saturated heterocycles. The third-order valence-electron chi connectivity index (χ3n) is 1.94. The molecule has 1 heteroatoms. The van der Waals surface area contributed by atoms with Crippen molar-refractivity contribution in [3.05, 3.63) is 35.5 Å². The molecule has 1 aromatic rings. The minimum atomic E-state index is 0.985. The number of hydrogen-bond acceptors (Lipinski definition) is 0. The maximum absolute atomic E-state index is 3.91. The zero-order valence-electron chi connectivity index (χ0n) is 7.56. The van der Waals surface area contributed by atoms with Crippen molar-refractivity contribution >= 4 is 12.2 Å². The molecule has 0 spiro atoms. The number of rotatable bonds is 3. The molecule has 0 fully saturated rings. The van der Waals surface area contributed by atoms with Crippen LogP contribution in [0.15, 0.2) is 24.9 Å². The van der Waals surface area contributed by atoms with Crippen molar-refractivity contribution in [1.82, 2.24) is 4.98 Å². The van der Waals surface area contributed by atoms with E-state index >= 15 is 0 Å². The number of hydrogen-bond donors (Lipinski definition) is 1. The summed E-state index contributed by atoms with van der Waals surface area (Å²) in [6.07, 6.45) is 6.05. The van der Waals surface area contributed by atoms with Crippen LogP contribution in [0.1, 0.15) is 19.8 Å². The highest BCUT2D eigenvalue weighted by Gasteiger charge is 1.92. The predicted octanol–water partition coefficient (Wildman–Crippen LogP) is 1.56. The van der Waals surface area contributed by atoms with Gasteiger partial charge in [0, 0.05) is 16.8 Å². The Kier molecular flexibility index (Phi) is 2.92. The van der Waals surface area contributed by atoms with Crippen molar-refractivity contribution in [2.24, 2.45) is 0 Å². The molecule has 0 bridgehead atoms. The molecule has 0 unspecified atom stereocenters. The highest BCUT2D eigenvalue weighted by Crippen LogP contribution is 2.03. The lowest BCUT2D eigenvalue weighted by Gasteiger charge is -1.95. The van der Waals surface area contributed by atoms with Gasteiger partial charge in [-0.2, -0.15) is 0 Å². The summed E-state index contributed by atoms with van der Waals surface area (Å²) in [5.41, 5.74) is 1.28. The maximum Gasteiger partial charge on any atom is 0.0383 e. The quantitative estimate of drug-likeness (QED) is 0.692. The van der Waals surface area contributed by atoms with Gasteiger partial charge in [-0.1, -0.05) is 32.6 Å². The van der Waals surface area contributed by atoms with E-state index in [0.29, 0.717) is 0 Å². The van der Waals surface area contributed by atoms with Crippen molar-refractivity contribution in [3.8, 4) is 0 Å². The number of H-pyrrole nitrogens is 1.